The number of rotatable bonds is 9. The molecule has 9 heteroatoms. The van der Waals surface area contributed by atoms with E-state index < -0.39 is 6.04 Å². The maximum atomic E-state index is 12.7. The van der Waals surface area contributed by atoms with Crippen LogP contribution >= 0.6 is 0 Å². The van der Waals surface area contributed by atoms with E-state index in [1.807, 2.05) is 42.7 Å². The number of ether oxygens (including phenoxy) is 2. The Labute approximate surface area is 204 Å². The van der Waals surface area contributed by atoms with Crippen LogP contribution in [0.4, 0.5) is 0 Å². The summed E-state index contributed by atoms with van der Waals surface area (Å²) in [6.45, 7) is 7.69. The molecule has 0 amide bonds. The number of hydrogen-bond donors (Lipinski definition) is 2. The number of aryl methyl sites for hydroxylation is 2. The Hall–Kier alpha value is -3.01. The van der Waals surface area contributed by atoms with Crippen molar-refractivity contribution in [2.24, 2.45) is 13.0 Å². The van der Waals surface area contributed by atoms with Gasteiger partial charge in [0.05, 0.1) is 30.9 Å². The first-order valence-corrected chi connectivity index (χ1v) is 12.1. The summed E-state index contributed by atoms with van der Waals surface area (Å²) in [6.07, 6.45) is 2.33. The lowest BCUT2D eigenvalue weighted by atomic mass is 10.0. The second kappa shape index (κ2) is 10.7. The third kappa shape index (κ3) is 5.47. The van der Waals surface area contributed by atoms with Gasteiger partial charge in [0, 0.05) is 43.9 Å². The van der Waals surface area contributed by atoms with Crippen molar-refractivity contribution >= 4 is 17.0 Å². The van der Waals surface area contributed by atoms with E-state index in [9.17, 15) is 14.7 Å². The van der Waals surface area contributed by atoms with Gasteiger partial charge in [-0.3, -0.25) is 9.59 Å². The Kier molecular flexibility index (Phi) is 7.69. The summed E-state index contributed by atoms with van der Waals surface area (Å²) in [6, 6.07) is 7.36. The van der Waals surface area contributed by atoms with Crippen molar-refractivity contribution < 1.29 is 19.4 Å². The zero-order chi connectivity index (χ0) is 25.1. The summed E-state index contributed by atoms with van der Waals surface area (Å²) in [5, 5.41) is 13.0. The molecule has 2 atom stereocenters. The molecule has 1 unspecified atom stereocenters. The number of nitrogens with zero attached hydrogens (tertiary/aromatic N) is 3. The molecule has 0 aliphatic carbocycles. The number of nitrogens with one attached hydrogen (secondary N) is 1. The minimum Gasteiger partial charge on any atom is -0.459 e. The molecule has 0 radical (unpaired) electrons. The van der Waals surface area contributed by atoms with Crippen LogP contribution in [0.15, 0.2) is 35.3 Å². The standard InChI is InChI=1S/C26H34N4O5/c1-16(2)23(26(33)35-20-7-10-34-15-20)27-13-18-5-6-22-21(12-18)28-24(30(22)8-9-31)19-11-17(3)25(32)29(4)14-19/h5-6,11-12,14,16,20,23,27,31H,7-10,13,15H2,1-4H3/t20-,23?/m0/s1. The van der Waals surface area contributed by atoms with E-state index in [1.54, 1.807) is 24.7 Å². The molecule has 9 nitrogen and oxygen atoms in total. The second-order valence-electron chi connectivity index (χ2n) is 9.49. The number of fused-ring (bicyclic) bond motifs is 1. The molecule has 4 rings (SSSR count). The number of aromatic nitrogens is 3. The average molecular weight is 483 g/mol. The lowest BCUT2D eigenvalue weighted by molar-refractivity contribution is -0.152. The molecule has 2 aromatic heterocycles. The van der Waals surface area contributed by atoms with Crippen LogP contribution in [0.1, 0.15) is 31.4 Å². The third-order valence-corrected chi connectivity index (χ3v) is 6.37. The summed E-state index contributed by atoms with van der Waals surface area (Å²) in [5.41, 5.74) is 4.06. The molecule has 1 aliphatic rings. The van der Waals surface area contributed by atoms with Gasteiger partial charge < -0.3 is 29.0 Å². The highest BCUT2D eigenvalue weighted by atomic mass is 16.6. The van der Waals surface area contributed by atoms with Crippen LogP contribution in [0, 0.1) is 12.8 Å². The van der Waals surface area contributed by atoms with Crippen LogP contribution in [0.5, 0.6) is 0 Å². The van der Waals surface area contributed by atoms with Crippen molar-refractivity contribution in [3.05, 3.63) is 51.9 Å². The molecule has 2 N–H and O–H groups in total. The van der Waals surface area contributed by atoms with E-state index in [2.05, 4.69) is 5.32 Å². The minimum atomic E-state index is -0.428. The highest BCUT2D eigenvalue weighted by Crippen LogP contribution is 2.26. The molecule has 3 aromatic rings. The van der Waals surface area contributed by atoms with E-state index in [-0.39, 0.29) is 30.2 Å². The Morgan fingerprint density at radius 2 is 2.14 bits per heavy atom. The van der Waals surface area contributed by atoms with Crippen molar-refractivity contribution in [1.82, 2.24) is 19.4 Å². The number of imidazole rings is 1. The number of carbonyl (C=O) groups excluding carboxylic acids is 1. The minimum absolute atomic E-state index is 0.0310. The monoisotopic (exact) mass is 482 g/mol. The Morgan fingerprint density at radius 1 is 1.34 bits per heavy atom. The zero-order valence-electron chi connectivity index (χ0n) is 20.8. The van der Waals surface area contributed by atoms with Gasteiger partial charge in [-0.25, -0.2) is 4.98 Å². The normalized spacial score (nSPS) is 16.8. The fourth-order valence-electron chi connectivity index (χ4n) is 4.49. The summed E-state index contributed by atoms with van der Waals surface area (Å²) in [4.78, 5) is 29.7. The fourth-order valence-corrected chi connectivity index (χ4v) is 4.49. The predicted molar refractivity (Wildman–Crippen MR) is 133 cm³/mol. The van der Waals surface area contributed by atoms with Gasteiger partial charge in [-0.1, -0.05) is 19.9 Å². The van der Waals surface area contributed by atoms with Gasteiger partial charge in [0.25, 0.3) is 5.56 Å². The van der Waals surface area contributed by atoms with E-state index in [1.165, 1.54) is 0 Å². The first kappa shape index (κ1) is 25.1. The molecule has 1 aliphatic heterocycles. The number of benzene rings is 1. The van der Waals surface area contributed by atoms with Crippen LogP contribution in [0.3, 0.4) is 0 Å². The smallest absolute Gasteiger partial charge is 0.323 e. The fraction of sp³-hybridized carbons (Fsp3) is 0.500. The maximum Gasteiger partial charge on any atom is 0.323 e. The molecular weight excluding hydrogens is 448 g/mol. The van der Waals surface area contributed by atoms with Gasteiger partial charge >= 0.3 is 5.97 Å². The number of hydrogen-bond acceptors (Lipinski definition) is 7. The van der Waals surface area contributed by atoms with Gasteiger partial charge in [-0.15, -0.1) is 0 Å². The van der Waals surface area contributed by atoms with Crippen LogP contribution in [0.2, 0.25) is 0 Å². The van der Waals surface area contributed by atoms with Gasteiger partial charge in [-0.05, 0) is 36.6 Å². The summed E-state index contributed by atoms with van der Waals surface area (Å²) in [7, 11) is 1.72. The lowest BCUT2D eigenvalue weighted by Crippen LogP contribution is -2.43. The predicted octanol–water partition coefficient (Wildman–Crippen LogP) is 2.15. The molecule has 188 valence electrons. The summed E-state index contributed by atoms with van der Waals surface area (Å²) >= 11 is 0. The largest absolute Gasteiger partial charge is 0.459 e. The topological polar surface area (TPSA) is 108 Å². The summed E-state index contributed by atoms with van der Waals surface area (Å²) < 4.78 is 14.4. The maximum absolute atomic E-state index is 12.7. The van der Waals surface area contributed by atoms with E-state index in [4.69, 9.17) is 14.5 Å². The molecule has 1 aromatic carbocycles. The van der Waals surface area contributed by atoms with Crippen LogP contribution in [-0.2, 0) is 34.4 Å². The van der Waals surface area contributed by atoms with Crippen molar-refractivity contribution in [3.63, 3.8) is 0 Å². The second-order valence-corrected chi connectivity index (χ2v) is 9.49. The van der Waals surface area contributed by atoms with Crippen LogP contribution in [-0.4, -0.2) is 57.2 Å². The van der Waals surface area contributed by atoms with Gasteiger partial charge in [0.2, 0.25) is 0 Å². The van der Waals surface area contributed by atoms with Crippen molar-refractivity contribution in [2.75, 3.05) is 19.8 Å². The first-order chi connectivity index (χ1) is 16.8. The summed E-state index contributed by atoms with van der Waals surface area (Å²) in [5.74, 6) is 0.508. The van der Waals surface area contributed by atoms with E-state index in [0.29, 0.717) is 37.7 Å². The van der Waals surface area contributed by atoms with Crippen molar-refractivity contribution in [3.8, 4) is 11.4 Å². The molecule has 0 spiro atoms. The van der Waals surface area contributed by atoms with E-state index in [0.717, 1.165) is 28.6 Å². The van der Waals surface area contributed by atoms with Crippen molar-refractivity contribution in [2.45, 2.75) is 52.4 Å². The molecule has 1 saturated heterocycles. The number of aliphatic hydroxyl groups is 1. The Morgan fingerprint density at radius 3 is 2.80 bits per heavy atom. The SMILES string of the molecule is Cc1cc(-c2nc3cc(CNC(C(=O)O[C@H]4CCOC4)C(C)C)ccc3n2CCO)cn(C)c1=O. The number of esters is 1. The Balaban J connectivity index is 1.58. The van der Waals surface area contributed by atoms with Gasteiger partial charge in [0.1, 0.15) is 18.0 Å². The number of aliphatic hydroxyl groups excluding tert-OH is 1. The molecule has 1 fully saturated rings. The molecule has 3 heterocycles. The molecule has 35 heavy (non-hydrogen) atoms. The molecule has 0 saturated carbocycles. The lowest BCUT2D eigenvalue weighted by Gasteiger charge is -2.22. The van der Waals surface area contributed by atoms with Crippen molar-refractivity contribution in [1.29, 1.82) is 0 Å². The third-order valence-electron chi connectivity index (χ3n) is 6.37. The highest BCUT2D eigenvalue weighted by Gasteiger charge is 2.28. The van der Waals surface area contributed by atoms with E-state index >= 15 is 0 Å². The average Bonchev–Trinajstić information content (AvgIpc) is 3.45. The zero-order valence-corrected chi connectivity index (χ0v) is 20.8. The van der Waals surface area contributed by atoms with Gasteiger partial charge in [0.15, 0.2) is 0 Å². The highest BCUT2D eigenvalue weighted by molar-refractivity contribution is 5.81. The van der Waals surface area contributed by atoms with Crippen LogP contribution in [0.25, 0.3) is 22.4 Å². The first-order valence-electron chi connectivity index (χ1n) is 12.1. The number of pyridine rings is 1. The molecular formula is C26H34N4O5. The molecule has 0 bridgehead atoms. The quantitative estimate of drug-likeness (QED) is 0.450. The number of carbonyl (C=O) groups is 1. The van der Waals surface area contributed by atoms with Gasteiger partial charge in [-0.2, -0.15) is 0 Å². The van der Waals surface area contributed by atoms with Crippen LogP contribution < -0.4 is 10.9 Å². The Bertz CT molecular complexity index is 1230.